The molecule has 0 aliphatic heterocycles. The Morgan fingerprint density at radius 2 is 2.21 bits per heavy atom. The SMILES string of the molecule is CSCC(C)Cn1c(CCCl)nc2cc(Cl)ccc21. The molecule has 104 valence electrons. The van der Waals surface area contributed by atoms with E-state index >= 15 is 0 Å². The Morgan fingerprint density at radius 1 is 1.42 bits per heavy atom. The van der Waals surface area contributed by atoms with Crippen LogP contribution in [0.15, 0.2) is 18.2 Å². The van der Waals surface area contributed by atoms with Crippen LogP contribution in [-0.2, 0) is 13.0 Å². The number of hydrogen-bond donors (Lipinski definition) is 0. The molecule has 0 fully saturated rings. The zero-order valence-electron chi connectivity index (χ0n) is 11.2. The Hall–Kier alpha value is -0.380. The van der Waals surface area contributed by atoms with Crippen molar-refractivity contribution in [1.29, 1.82) is 0 Å². The van der Waals surface area contributed by atoms with Gasteiger partial charge in [-0.15, -0.1) is 11.6 Å². The van der Waals surface area contributed by atoms with Crippen molar-refractivity contribution >= 4 is 46.0 Å². The summed E-state index contributed by atoms with van der Waals surface area (Å²) in [5.74, 6) is 3.40. The van der Waals surface area contributed by atoms with Gasteiger partial charge < -0.3 is 4.57 Å². The smallest absolute Gasteiger partial charge is 0.111 e. The Morgan fingerprint density at radius 3 is 2.89 bits per heavy atom. The second-order valence-corrected chi connectivity index (χ2v) is 6.50. The van der Waals surface area contributed by atoms with Crippen LogP contribution in [0.2, 0.25) is 5.02 Å². The molecule has 0 bridgehead atoms. The molecule has 1 atom stereocenters. The van der Waals surface area contributed by atoms with Gasteiger partial charge in [-0.05, 0) is 36.1 Å². The van der Waals surface area contributed by atoms with Crippen LogP contribution in [0.5, 0.6) is 0 Å². The van der Waals surface area contributed by atoms with Crippen molar-refractivity contribution in [3.05, 3.63) is 29.0 Å². The fraction of sp³-hybridized carbons (Fsp3) is 0.500. The number of halogens is 2. The molecule has 19 heavy (non-hydrogen) atoms. The van der Waals surface area contributed by atoms with Gasteiger partial charge in [0.2, 0.25) is 0 Å². The molecule has 0 radical (unpaired) electrons. The van der Waals surface area contributed by atoms with Crippen molar-refractivity contribution in [3.8, 4) is 0 Å². The first-order chi connectivity index (χ1) is 9.15. The molecule has 1 aromatic carbocycles. The summed E-state index contributed by atoms with van der Waals surface area (Å²) in [6.07, 6.45) is 2.93. The molecule has 2 aromatic rings. The number of thioether (sulfide) groups is 1. The number of alkyl halides is 1. The van der Waals surface area contributed by atoms with E-state index in [0.29, 0.717) is 11.8 Å². The first-order valence-electron chi connectivity index (χ1n) is 6.35. The molecule has 0 aliphatic rings. The lowest BCUT2D eigenvalue weighted by molar-refractivity contribution is 0.526. The van der Waals surface area contributed by atoms with Gasteiger partial charge in [-0.1, -0.05) is 18.5 Å². The number of rotatable bonds is 6. The van der Waals surface area contributed by atoms with Gasteiger partial charge in [-0.25, -0.2) is 4.98 Å². The lowest BCUT2D eigenvalue weighted by Gasteiger charge is -2.14. The largest absolute Gasteiger partial charge is 0.328 e. The van der Waals surface area contributed by atoms with Gasteiger partial charge in [0.1, 0.15) is 5.82 Å². The summed E-state index contributed by atoms with van der Waals surface area (Å²) in [6.45, 7) is 3.24. The third-order valence-corrected chi connectivity index (χ3v) is 4.38. The van der Waals surface area contributed by atoms with E-state index in [4.69, 9.17) is 23.2 Å². The zero-order chi connectivity index (χ0) is 13.8. The van der Waals surface area contributed by atoms with Crippen molar-refractivity contribution in [3.63, 3.8) is 0 Å². The lowest BCUT2D eigenvalue weighted by Crippen LogP contribution is -2.13. The molecule has 0 aliphatic carbocycles. The van der Waals surface area contributed by atoms with Crippen LogP contribution in [0.4, 0.5) is 0 Å². The van der Waals surface area contributed by atoms with Gasteiger partial charge >= 0.3 is 0 Å². The van der Waals surface area contributed by atoms with Gasteiger partial charge in [-0.2, -0.15) is 11.8 Å². The molecule has 1 aromatic heterocycles. The second-order valence-electron chi connectivity index (χ2n) is 4.77. The quantitative estimate of drug-likeness (QED) is 0.732. The third kappa shape index (κ3) is 3.59. The molecule has 1 unspecified atom stereocenters. The monoisotopic (exact) mass is 316 g/mol. The van der Waals surface area contributed by atoms with E-state index < -0.39 is 0 Å². The van der Waals surface area contributed by atoms with Crippen molar-refractivity contribution in [2.24, 2.45) is 5.92 Å². The molecule has 0 N–H and O–H groups in total. The molecule has 0 amide bonds. The minimum Gasteiger partial charge on any atom is -0.328 e. The molecule has 2 rings (SSSR count). The molecule has 0 spiro atoms. The Balaban J connectivity index is 2.39. The highest BCUT2D eigenvalue weighted by Gasteiger charge is 2.13. The van der Waals surface area contributed by atoms with E-state index in [2.05, 4.69) is 22.7 Å². The maximum absolute atomic E-state index is 6.03. The van der Waals surface area contributed by atoms with Gasteiger partial charge in [0.15, 0.2) is 0 Å². The van der Waals surface area contributed by atoms with E-state index in [9.17, 15) is 0 Å². The highest BCUT2D eigenvalue weighted by Crippen LogP contribution is 2.23. The van der Waals surface area contributed by atoms with Gasteiger partial charge in [0.05, 0.1) is 11.0 Å². The number of aryl methyl sites for hydroxylation is 1. The minimum atomic E-state index is 0.591. The van der Waals surface area contributed by atoms with E-state index in [0.717, 1.165) is 40.6 Å². The lowest BCUT2D eigenvalue weighted by atomic mass is 10.2. The number of hydrogen-bond acceptors (Lipinski definition) is 2. The van der Waals surface area contributed by atoms with E-state index in [-0.39, 0.29) is 0 Å². The van der Waals surface area contributed by atoms with Crippen LogP contribution in [0.25, 0.3) is 11.0 Å². The summed E-state index contributed by atoms with van der Waals surface area (Å²) in [5.41, 5.74) is 2.11. The number of fused-ring (bicyclic) bond motifs is 1. The maximum Gasteiger partial charge on any atom is 0.111 e. The van der Waals surface area contributed by atoms with Gasteiger partial charge in [-0.3, -0.25) is 0 Å². The summed E-state index contributed by atoms with van der Waals surface area (Å²) < 4.78 is 2.29. The summed E-state index contributed by atoms with van der Waals surface area (Å²) in [5, 5.41) is 0.728. The standard InChI is InChI=1S/C14H18Cl2N2S/c1-10(9-19-2)8-18-13-4-3-11(16)7-12(13)17-14(18)5-6-15/h3-4,7,10H,5-6,8-9H2,1-2H3. The highest BCUT2D eigenvalue weighted by atomic mass is 35.5. The van der Waals surface area contributed by atoms with Gasteiger partial charge in [0, 0.05) is 23.9 Å². The average molecular weight is 317 g/mol. The summed E-state index contributed by atoms with van der Waals surface area (Å²) in [4.78, 5) is 4.66. The summed E-state index contributed by atoms with van der Waals surface area (Å²) in [6, 6.07) is 5.89. The Bertz CT molecular complexity index is 554. The fourth-order valence-corrected chi connectivity index (χ4v) is 3.29. The molecular weight excluding hydrogens is 299 g/mol. The van der Waals surface area contributed by atoms with Crippen molar-refractivity contribution in [2.45, 2.75) is 19.9 Å². The summed E-state index contributed by atoms with van der Waals surface area (Å²) in [7, 11) is 0. The average Bonchev–Trinajstić information content (AvgIpc) is 2.67. The Kier molecular flexibility index (Phi) is 5.43. The van der Waals surface area contributed by atoms with Crippen LogP contribution in [0.3, 0.4) is 0 Å². The van der Waals surface area contributed by atoms with E-state index in [1.807, 2.05) is 30.0 Å². The number of imidazole rings is 1. The molecule has 0 saturated heterocycles. The highest BCUT2D eigenvalue weighted by molar-refractivity contribution is 7.98. The van der Waals surface area contributed by atoms with E-state index in [1.165, 1.54) is 0 Å². The van der Waals surface area contributed by atoms with Crippen LogP contribution < -0.4 is 0 Å². The van der Waals surface area contributed by atoms with Crippen LogP contribution in [0, 0.1) is 5.92 Å². The van der Waals surface area contributed by atoms with Crippen molar-refractivity contribution in [2.75, 3.05) is 17.9 Å². The van der Waals surface area contributed by atoms with E-state index in [1.54, 1.807) is 0 Å². The summed E-state index contributed by atoms with van der Waals surface area (Å²) >= 11 is 13.8. The van der Waals surface area contributed by atoms with Crippen LogP contribution in [-0.4, -0.2) is 27.4 Å². The number of aromatic nitrogens is 2. The molecular formula is C14H18Cl2N2S. The zero-order valence-corrected chi connectivity index (χ0v) is 13.5. The second kappa shape index (κ2) is 6.87. The van der Waals surface area contributed by atoms with Crippen molar-refractivity contribution < 1.29 is 0 Å². The molecule has 1 heterocycles. The normalized spacial score (nSPS) is 13.1. The number of benzene rings is 1. The maximum atomic E-state index is 6.03. The first-order valence-corrected chi connectivity index (χ1v) is 8.66. The Labute approximate surface area is 128 Å². The molecule has 0 saturated carbocycles. The minimum absolute atomic E-state index is 0.591. The predicted molar refractivity (Wildman–Crippen MR) is 86.7 cm³/mol. The first kappa shape index (κ1) is 15.0. The third-order valence-electron chi connectivity index (χ3n) is 3.05. The van der Waals surface area contributed by atoms with Crippen molar-refractivity contribution in [1.82, 2.24) is 9.55 Å². The fourth-order valence-electron chi connectivity index (χ4n) is 2.28. The molecule has 5 heteroatoms. The van der Waals surface area contributed by atoms with Crippen LogP contribution in [0.1, 0.15) is 12.7 Å². The van der Waals surface area contributed by atoms with Gasteiger partial charge in [0.25, 0.3) is 0 Å². The topological polar surface area (TPSA) is 17.8 Å². The van der Waals surface area contributed by atoms with Crippen LogP contribution >= 0.6 is 35.0 Å². The predicted octanol–water partition coefficient (Wildman–Crippen LogP) is 4.47. The number of nitrogens with zero attached hydrogens (tertiary/aromatic N) is 2. The molecule has 2 nitrogen and oxygen atoms in total.